The van der Waals surface area contributed by atoms with Crippen LogP contribution in [0, 0.1) is 23.2 Å². The van der Waals surface area contributed by atoms with Crippen LogP contribution in [0.1, 0.15) is 49.0 Å². The van der Waals surface area contributed by atoms with Gasteiger partial charge < -0.3 is 9.80 Å². The summed E-state index contributed by atoms with van der Waals surface area (Å²) in [5.41, 5.74) is 0.814. The quantitative estimate of drug-likeness (QED) is 0.847. The van der Waals surface area contributed by atoms with Crippen molar-refractivity contribution >= 4 is 11.8 Å². The maximum atomic E-state index is 13.0. The van der Waals surface area contributed by atoms with E-state index in [4.69, 9.17) is 0 Å². The molecule has 25 heavy (non-hydrogen) atoms. The average Bonchev–Trinajstić information content (AvgIpc) is 3.44. The summed E-state index contributed by atoms with van der Waals surface area (Å²) in [5, 5.41) is 9.27. The van der Waals surface area contributed by atoms with Crippen molar-refractivity contribution < 1.29 is 9.59 Å². The van der Waals surface area contributed by atoms with E-state index < -0.39 is 0 Å². The summed E-state index contributed by atoms with van der Waals surface area (Å²) < 4.78 is 0. The number of amides is 2. The monoisotopic (exact) mass is 339 g/mol. The van der Waals surface area contributed by atoms with Crippen LogP contribution in [0.5, 0.6) is 0 Å². The van der Waals surface area contributed by atoms with Gasteiger partial charge in [0.1, 0.15) is 0 Å². The molecule has 0 bridgehead atoms. The predicted molar refractivity (Wildman–Crippen MR) is 94.7 cm³/mol. The Labute approximate surface area is 149 Å². The summed E-state index contributed by atoms with van der Waals surface area (Å²) in [6.07, 6.45) is 2.76. The normalized spacial score (nSPS) is 21.2. The third-order valence-corrected chi connectivity index (χ3v) is 5.21. The number of benzene rings is 1. The first kappa shape index (κ1) is 17.5. The van der Waals surface area contributed by atoms with Crippen LogP contribution in [-0.2, 0) is 4.79 Å². The Hall–Kier alpha value is -2.35. The number of nitrogens with zero attached hydrogens (tertiary/aromatic N) is 3. The molecule has 0 radical (unpaired) electrons. The number of carbonyl (C=O) groups excluding carboxylic acids is 2. The lowest BCUT2D eigenvalue weighted by molar-refractivity contribution is -0.133. The molecule has 1 aromatic carbocycles. The largest absolute Gasteiger partial charge is 0.337 e. The zero-order valence-corrected chi connectivity index (χ0v) is 14.9. The molecule has 0 unspecified atom stereocenters. The summed E-state index contributed by atoms with van der Waals surface area (Å²) in [6.45, 7) is 5.99. The third kappa shape index (κ3) is 3.84. The summed E-state index contributed by atoms with van der Waals surface area (Å²) in [7, 11) is 0. The van der Waals surface area contributed by atoms with Gasteiger partial charge in [0.25, 0.3) is 5.91 Å². The van der Waals surface area contributed by atoms with Gasteiger partial charge in [0, 0.05) is 26.1 Å². The Morgan fingerprint density at radius 1 is 1.32 bits per heavy atom. The van der Waals surface area contributed by atoms with Crippen LogP contribution in [0.25, 0.3) is 0 Å². The van der Waals surface area contributed by atoms with E-state index >= 15 is 0 Å². The molecule has 1 atom stereocenters. The Balaban J connectivity index is 1.84. The number of hydrogen-bond donors (Lipinski definition) is 0. The van der Waals surface area contributed by atoms with Crippen LogP contribution in [0.3, 0.4) is 0 Å². The fourth-order valence-electron chi connectivity index (χ4n) is 3.48. The Bertz CT molecular complexity index is 703. The van der Waals surface area contributed by atoms with E-state index in [1.165, 1.54) is 12.8 Å². The van der Waals surface area contributed by atoms with Gasteiger partial charge >= 0.3 is 0 Å². The van der Waals surface area contributed by atoms with E-state index in [-0.39, 0.29) is 23.8 Å². The van der Waals surface area contributed by atoms with Gasteiger partial charge in [-0.1, -0.05) is 26.0 Å². The van der Waals surface area contributed by atoms with E-state index in [0.29, 0.717) is 36.6 Å². The molecule has 1 saturated carbocycles. The lowest BCUT2D eigenvalue weighted by atomic mass is 10.0. The summed E-state index contributed by atoms with van der Waals surface area (Å²) in [4.78, 5) is 29.4. The SMILES string of the molecule is CC(C)[C@@H]1CN(C(=O)c2ccccc2C#N)CCC(=O)N1CC1CC1. The van der Waals surface area contributed by atoms with Gasteiger partial charge in [0.15, 0.2) is 0 Å². The molecule has 0 N–H and O–H groups in total. The van der Waals surface area contributed by atoms with E-state index in [1.807, 2.05) is 4.90 Å². The average molecular weight is 339 g/mol. The molecule has 1 saturated heterocycles. The standard InChI is InChI=1S/C20H25N3O2/c1-14(2)18-13-22(10-9-19(24)23(18)12-15-7-8-15)20(25)17-6-4-3-5-16(17)11-21/h3-6,14-15,18H,7-10,12-13H2,1-2H3/t18-/m0/s1. The molecule has 1 heterocycles. The van der Waals surface area contributed by atoms with Gasteiger partial charge in [-0.05, 0) is 36.8 Å². The highest BCUT2D eigenvalue weighted by molar-refractivity contribution is 5.97. The van der Waals surface area contributed by atoms with E-state index in [0.717, 1.165) is 6.54 Å². The molecular formula is C20H25N3O2. The van der Waals surface area contributed by atoms with Crippen molar-refractivity contribution in [2.75, 3.05) is 19.6 Å². The summed E-state index contributed by atoms with van der Waals surface area (Å²) in [5.74, 6) is 0.910. The molecule has 2 aliphatic rings. The van der Waals surface area contributed by atoms with Gasteiger partial charge in [-0.15, -0.1) is 0 Å². The first-order chi connectivity index (χ1) is 12.0. The lowest BCUT2D eigenvalue weighted by Crippen LogP contribution is -2.48. The van der Waals surface area contributed by atoms with Crippen LogP contribution in [-0.4, -0.2) is 47.3 Å². The molecule has 5 heteroatoms. The van der Waals surface area contributed by atoms with Crippen LogP contribution < -0.4 is 0 Å². The highest BCUT2D eigenvalue weighted by atomic mass is 16.2. The minimum atomic E-state index is -0.149. The summed E-state index contributed by atoms with van der Waals surface area (Å²) in [6, 6.07) is 9.02. The van der Waals surface area contributed by atoms with Crippen molar-refractivity contribution in [3.05, 3.63) is 35.4 Å². The summed E-state index contributed by atoms with van der Waals surface area (Å²) >= 11 is 0. The Morgan fingerprint density at radius 2 is 2.04 bits per heavy atom. The van der Waals surface area contributed by atoms with E-state index in [1.54, 1.807) is 29.2 Å². The molecule has 2 amide bonds. The van der Waals surface area contributed by atoms with Crippen molar-refractivity contribution in [3.63, 3.8) is 0 Å². The molecule has 2 fully saturated rings. The van der Waals surface area contributed by atoms with E-state index in [2.05, 4.69) is 19.9 Å². The molecule has 1 aliphatic carbocycles. The fourth-order valence-corrected chi connectivity index (χ4v) is 3.48. The van der Waals surface area contributed by atoms with Crippen molar-refractivity contribution in [1.29, 1.82) is 5.26 Å². The van der Waals surface area contributed by atoms with Crippen molar-refractivity contribution in [2.24, 2.45) is 11.8 Å². The zero-order chi connectivity index (χ0) is 18.0. The molecular weight excluding hydrogens is 314 g/mol. The number of rotatable bonds is 4. The first-order valence-electron chi connectivity index (χ1n) is 9.09. The molecule has 5 nitrogen and oxygen atoms in total. The maximum Gasteiger partial charge on any atom is 0.255 e. The Morgan fingerprint density at radius 3 is 2.68 bits per heavy atom. The minimum Gasteiger partial charge on any atom is -0.337 e. The predicted octanol–water partition coefficient (Wildman–Crippen LogP) is 2.67. The highest BCUT2D eigenvalue weighted by Gasteiger charge is 2.37. The van der Waals surface area contributed by atoms with Gasteiger partial charge in [0.05, 0.1) is 23.2 Å². The minimum absolute atomic E-state index is 0.0359. The fraction of sp³-hybridized carbons (Fsp3) is 0.550. The molecule has 132 valence electrons. The van der Waals surface area contributed by atoms with Gasteiger partial charge in [-0.2, -0.15) is 5.26 Å². The van der Waals surface area contributed by atoms with Crippen LogP contribution in [0.2, 0.25) is 0 Å². The second-order valence-corrected chi connectivity index (χ2v) is 7.46. The first-order valence-corrected chi connectivity index (χ1v) is 9.09. The second-order valence-electron chi connectivity index (χ2n) is 7.46. The Kier molecular flexibility index (Phi) is 5.08. The number of nitriles is 1. The lowest BCUT2D eigenvalue weighted by Gasteiger charge is -2.35. The molecule has 0 spiro atoms. The topological polar surface area (TPSA) is 64.4 Å². The van der Waals surface area contributed by atoms with Crippen molar-refractivity contribution in [3.8, 4) is 6.07 Å². The van der Waals surface area contributed by atoms with Gasteiger partial charge in [-0.3, -0.25) is 9.59 Å². The maximum absolute atomic E-state index is 13.0. The number of hydrogen-bond acceptors (Lipinski definition) is 3. The third-order valence-electron chi connectivity index (χ3n) is 5.21. The second kappa shape index (κ2) is 7.26. The highest BCUT2D eigenvalue weighted by Crippen LogP contribution is 2.32. The van der Waals surface area contributed by atoms with Crippen LogP contribution >= 0.6 is 0 Å². The van der Waals surface area contributed by atoms with E-state index in [9.17, 15) is 14.9 Å². The van der Waals surface area contributed by atoms with Crippen LogP contribution in [0.15, 0.2) is 24.3 Å². The van der Waals surface area contributed by atoms with Gasteiger partial charge in [0.2, 0.25) is 5.91 Å². The molecule has 1 aromatic rings. The molecule has 0 aromatic heterocycles. The van der Waals surface area contributed by atoms with Crippen LogP contribution in [0.4, 0.5) is 0 Å². The zero-order valence-electron chi connectivity index (χ0n) is 14.9. The molecule has 1 aliphatic heterocycles. The number of carbonyl (C=O) groups is 2. The van der Waals surface area contributed by atoms with Crippen molar-refractivity contribution in [1.82, 2.24) is 9.80 Å². The molecule has 3 rings (SSSR count). The smallest absolute Gasteiger partial charge is 0.255 e. The van der Waals surface area contributed by atoms with Gasteiger partial charge in [-0.25, -0.2) is 0 Å². The van der Waals surface area contributed by atoms with Crippen molar-refractivity contribution in [2.45, 2.75) is 39.2 Å².